The minimum Gasteiger partial charge on any atom is -0.493 e. The predicted molar refractivity (Wildman–Crippen MR) is 179 cm³/mol. The fourth-order valence-electron chi connectivity index (χ4n) is 6.08. The van der Waals surface area contributed by atoms with Crippen LogP contribution in [0.1, 0.15) is 35.3 Å². The molecule has 0 spiro atoms. The molecule has 0 fully saturated rings. The largest absolute Gasteiger partial charge is 0.493 e. The van der Waals surface area contributed by atoms with Crippen LogP contribution in [0.5, 0.6) is 17.2 Å². The topological polar surface area (TPSA) is 85.5 Å². The molecule has 9 heteroatoms. The molecule has 1 N–H and O–H groups in total. The highest BCUT2D eigenvalue weighted by atomic mass is 16.5. The zero-order valence-corrected chi connectivity index (χ0v) is 25.9. The van der Waals surface area contributed by atoms with Crippen LogP contribution in [-0.2, 0) is 6.42 Å². The summed E-state index contributed by atoms with van der Waals surface area (Å²) in [4.78, 5) is 12.7. The molecule has 0 radical (unpaired) electrons. The summed E-state index contributed by atoms with van der Waals surface area (Å²) in [6.45, 7) is 4.18. The maximum Gasteiger partial charge on any atom is 0.203 e. The van der Waals surface area contributed by atoms with Crippen molar-refractivity contribution in [3.63, 3.8) is 0 Å². The molecule has 0 saturated heterocycles. The van der Waals surface area contributed by atoms with Gasteiger partial charge in [-0.05, 0) is 73.0 Å². The fourth-order valence-corrected chi connectivity index (χ4v) is 6.08. The Bertz CT molecular complexity index is 1920. The van der Waals surface area contributed by atoms with Gasteiger partial charge in [0.15, 0.2) is 29.0 Å². The average Bonchev–Trinajstić information content (AvgIpc) is 3.43. The normalized spacial score (nSPS) is 14.9. The molecule has 1 unspecified atom stereocenters. The van der Waals surface area contributed by atoms with Crippen LogP contribution in [0.25, 0.3) is 5.69 Å². The van der Waals surface area contributed by atoms with Crippen LogP contribution in [0.15, 0.2) is 101 Å². The number of benzene rings is 4. The van der Waals surface area contributed by atoms with Gasteiger partial charge in [-0.3, -0.25) is 0 Å². The number of aryl methyl sites for hydroxylation is 2. The molecular weight excluding hydrogens is 564 g/mol. The Kier molecular flexibility index (Phi) is 7.21. The van der Waals surface area contributed by atoms with E-state index in [0.29, 0.717) is 28.9 Å². The van der Waals surface area contributed by atoms with Gasteiger partial charge in [-0.15, -0.1) is 0 Å². The van der Waals surface area contributed by atoms with E-state index in [1.165, 1.54) is 5.56 Å². The van der Waals surface area contributed by atoms with Crippen molar-refractivity contribution in [2.24, 2.45) is 9.98 Å². The number of para-hydroxylation sites is 3. The summed E-state index contributed by atoms with van der Waals surface area (Å²) in [5, 5.41) is 8.62. The van der Waals surface area contributed by atoms with Gasteiger partial charge in [-0.1, -0.05) is 49.4 Å². The standard InChI is InChI=1S/C36H34N6O3/c1-6-23-16-18-25(19-17-23)37-34-36-39-35-31(22(2)40-42(35)26-12-8-7-9-13-26)32(41(36)28-15-11-10-14-27(28)38-34)24-20-29(43-3)33(45-5)30(21-24)44-4/h7-21,32H,6H2,1-5H3,(H,37,38). The number of ether oxygens (including phenoxy) is 3. The number of amidine groups is 2. The quantitative estimate of drug-likeness (QED) is 0.208. The minimum absolute atomic E-state index is 0.352. The van der Waals surface area contributed by atoms with Crippen molar-refractivity contribution >= 4 is 34.6 Å². The zero-order valence-electron chi connectivity index (χ0n) is 25.9. The number of fused-ring (bicyclic) bond motifs is 4. The molecule has 7 rings (SSSR count). The van der Waals surface area contributed by atoms with Crippen LogP contribution < -0.4 is 24.4 Å². The van der Waals surface area contributed by atoms with Gasteiger partial charge >= 0.3 is 0 Å². The second-order valence-electron chi connectivity index (χ2n) is 10.9. The smallest absolute Gasteiger partial charge is 0.203 e. The molecule has 2 aliphatic rings. The van der Waals surface area contributed by atoms with Gasteiger partial charge in [0.25, 0.3) is 0 Å². The highest BCUT2D eigenvalue weighted by Crippen LogP contribution is 2.50. The van der Waals surface area contributed by atoms with Crippen LogP contribution in [0.4, 0.5) is 22.9 Å². The molecule has 1 aromatic heterocycles. The summed E-state index contributed by atoms with van der Waals surface area (Å²) >= 11 is 0. The van der Waals surface area contributed by atoms with Crippen LogP contribution >= 0.6 is 0 Å². The van der Waals surface area contributed by atoms with Crippen molar-refractivity contribution in [3.05, 3.63) is 113 Å². The van der Waals surface area contributed by atoms with Crippen molar-refractivity contribution < 1.29 is 14.2 Å². The number of hydrogen-bond acceptors (Lipinski definition) is 8. The molecule has 5 aromatic rings. The maximum absolute atomic E-state index is 5.82. The Labute approximate surface area is 262 Å². The molecular formula is C36H34N6O3. The van der Waals surface area contributed by atoms with E-state index in [1.807, 2.05) is 72.3 Å². The van der Waals surface area contributed by atoms with Crippen molar-refractivity contribution in [2.75, 3.05) is 31.5 Å². The van der Waals surface area contributed by atoms with Crippen LogP contribution in [0.3, 0.4) is 0 Å². The summed E-state index contributed by atoms with van der Waals surface area (Å²) in [7, 11) is 4.88. The van der Waals surface area contributed by atoms with E-state index in [1.54, 1.807) is 21.3 Å². The van der Waals surface area contributed by atoms with Gasteiger partial charge in [0.2, 0.25) is 5.75 Å². The SMILES string of the molecule is CCc1ccc(NC2=Nc3ccccc3N3C2=Nc2c(c(C)nn2-c2ccccc2)C3c2cc(OC)c(OC)c(OC)c2)cc1. The third-order valence-electron chi connectivity index (χ3n) is 8.27. The second-order valence-corrected chi connectivity index (χ2v) is 10.9. The molecule has 45 heavy (non-hydrogen) atoms. The lowest BCUT2D eigenvalue weighted by Gasteiger charge is -2.40. The number of aromatic nitrogens is 2. The number of rotatable bonds is 7. The lowest BCUT2D eigenvalue weighted by atomic mass is 9.92. The number of aliphatic imine (C=N–C) groups is 2. The average molecular weight is 599 g/mol. The highest BCUT2D eigenvalue weighted by Gasteiger charge is 2.42. The van der Waals surface area contributed by atoms with E-state index < -0.39 is 0 Å². The number of hydrogen-bond donors (Lipinski definition) is 1. The van der Waals surface area contributed by atoms with Gasteiger partial charge in [0.05, 0.1) is 50.1 Å². The Balaban J connectivity index is 1.50. The molecule has 226 valence electrons. The molecule has 0 saturated carbocycles. The van der Waals surface area contributed by atoms with E-state index in [9.17, 15) is 0 Å². The summed E-state index contributed by atoms with van der Waals surface area (Å²) in [6.07, 6.45) is 0.969. The third kappa shape index (κ3) is 4.77. The first-order chi connectivity index (χ1) is 22.0. The first-order valence-corrected chi connectivity index (χ1v) is 14.9. The highest BCUT2D eigenvalue weighted by molar-refractivity contribution is 6.51. The first kappa shape index (κ1) is 28.2. The van der Waals surface area contributed by atoms with E-state index in [4.69, 9.17) is 29.3 Å². The Hall–Kier alpha value is -5.57. The molecule has 1 atom stereocenters. The molecule has 0 bridgehead atoms. The van der Waals surface area contributed by atoms with Crippen LogP contribution in [-0.4, -0.2) is 42.8 Å². The molecule has 3 heterocycles. The summed E-state index contributed by atoms with van der Waals surface area (Å²) in [6, 6.07) is 30.3. The van der Waals surface area contributed by atoms with E-state index in [0.717, 1.165) is 51.8 Å². The summed E-state index contributed by atoms with van der Waals surface area (Å²) in [5.74, 6) is 3.72. The van der Waals surface area contributed by atoms with Crippen molar-refractivity contribution in [3.8, 4) is 22.9 Å². The van der Waals surface area contributed by atoms with Crippen molar-refractivity contribution in [1.29, 1.82) is 0 Å². The van der Waals surface area contributed by atoms with E-state index in [2.05, 4.69) is 47.5 Å². The second kappa shape index (κ2) is 11.5. The number of nitrogens with zero attached hydrogens (tertiary/aromatic N) is 5. The Morgan fingerprint density at radius 2 is 1.49 bits per heavy atom. The lowest BCUT2D eigenvalue weighted by molar-refractivity contribution is 0.323. The first-order valence-electron chi connectivity index (χ1n) is 14.9. The van der Waals surface area contributed by atoms with Crippen LogP contribution in [0, 0.1) is 6.92 Å². The maximum atomic E-state index is 5.82. The number of nitrogens with one attached hydrogen (secondary N) is 1. The van der Waals surface area contributed by atoms with E-state index in [-0.39, 0.29) is 6.04 Å². The van der Waals surface area contributed by atoms with E-state index >= 15 is 0 Å². The number of methoxy groups -OCH3 is 3. The summed E-state index contributed by atoms with van der Waals surface area (Å²) < 4.78 is 19.2. The van der Waals surface area contributed by atoms with Crippen LogP contribution in [0.2, 0.25) is 0 Å². The Morgan fingerprint density at radius 1 is 0.800 bits per heavy atom. The number of anilines is 2. The lowest BCUT2D eigenvalue weighted by Crippen LogP contribution is -2.46. The Morgan fingerprint density at radius 3 is 2.16 bits per heavy atom. The molecule has 4 aromatic carbocycles. The van der Waals surface area contributed by atoms with Gasteiger partial charge < -0.3 is 24.4 Å². The predicted octanol–water partition coefficient (Wildman–Crippen LogP) is 7.56. The van der Waals surface area contributed by atoms with Gasteiger partial charge in [-0.2, -0.15) is 5.10 Å². The van der Waals surface area contributed by atoms with Gasteiger partial charge in [-0.25, -0.2) is 14.7 Å². The summed E-state index contributed by atoms with van der Waals surface area (Å²) in [5.41, 5.74) is 7.63. The van der Waals surface area contributed by atoms with Crippen molar-refractivity contribution in [1.82, 2.24) is 9.78 Å². The van der Waals surface area contributed by atoms with Crippen molar-refractivity contribution in [2.45, 2.75) is 26.3 Å². The molecule has 9 nitrogen and oxygen atoms in total. The van der Waals surface area contributed by atoms with Gasteiger partial charge in [0, 0.05) is 11.3 Å². The minimum atomic E-state index is -0.352. The monoisotopic (exact) mass is 598 g/mol. The third-order valence-corrected chi connectivity index (χ3v) is 8.27. The molecule has 0 amide bonds. The fraction of sp³-hybridized carbons (Fsp3) is 0.194. The zero-order chi connectivity index (χ0) is 31.1. The molecule has 2 aliphatic heterocycles. The van der Waals surface area contributed by atoms with Gasteiger partial charge in [0.1, 0.15) is 0 Å². The molecule has 0 aliphatic carbocycles.